The molecule has 29 heavy (non-hydrogen) atoms. The molecule has 1 saturated carbocycles. The number of carbonyl (C=O) groups is 1. The molecule has 1 fully saturated rings. The summed E-state index contributed by atoms with van der Waals surface area (Å²) in [6, 6.07) is 12.6. The molecule has 0 aliphatic heterocycles. The Morgan fingerprint density at radius 3 is 2.69 bits per heavy atom. The second kappa shape index (κ2) is 7.55. The number of aromatic nitrogens is 2. The van der Waals surface area contributed by atoms with E-state index in [4.69, 9.17) is 11.6 Å². The van der Waals surface area contributed by atoms with Gasteiger partial charge in [-0.15, -0.1) is 0 Å². The van der Waals surface area contributed by atoms with Gasteiger partial charge >= 0.3 is 6.18 Å². The van der Waals surface area contributed by atoms with Crippen LogP contribution in [0.4, 0.5) is 18.9 Å². The lowest BCUT2D eigenvalue weighted by Gasteiger charge is -2.08. The molecule has 1 aliphatic carbocycles. The Balaban J connectivity index is 1.36. The smallest absolute Gasteiger partial charge is 0.323 e. The summed E-state index contributed by atoms with van der Waals surface area (Å²) in [5.41, 5.74) is 1.38. The predicted octanol–water partition coefficient (Wildman–Crippen LogP) is 5.35. The molecule has 1 amide bonds. The molecule has 1 aromatic heterocycles. The topological polar surface area (TPSA) is 46.9 Å². The summed E-state index contributed by atoms with van der Waals surface area (Å²) in [4.78, 5) is 12.4. The number of carbonyl (C=O) groups excluding carboxylic acids is 1. The van der Waals surface area contributed by atoms with E-state index in [0.29, 0.717) is 16.3 Å². The molecule has 0 spiro atoms. The minimum atomic E-state index is -4.38. The first-order chi connectivity index (χ1) is 13.8. The molecule has 4 rings (SSSR count). The van der Waals surface area contributed by atoms with Crippen molar-refractivity contribution >= 4 is 23.2 Å². The number of nitrogens with zero attached hydrogens (tertiary/aromatic N) is 2. The van der Waals surface area contributed by atoms with Crippen molar-refractivity contribution < 1.29 is 18.0 Å². The number of hydrogen-bond donors (Lipinski definition) is 1. The van der Waals surface area contributed by atoms with Gasteiger partial charge in [-0.05, 0) is 47.7 Å². The van der Waals surface area contributed by atoms with Gasteiger partial charge in [-0.2, -0.15) is 18.3 Å². The molecule has 8 heteroatoms. The molecule has 1 aliphatic rings. The summed E-state index contributed by atoms with van der Waals surface area (Å²) in [6.45, 7) is 0.177. The summed E-state index contributed by atoms with van der Waals surface area (Å²) < 4.78 is 40.0. The molecule has 0 bridgehead atoms. The van der Waals surface area contributed by atoms with E-state index in [1.807, 2.05) is 24.3 Å². The number of anilines is 1. The zero-order valence-corrected chi connectivity index (χ0v) is 15.9. The third kappa shape index (κ3) is 4.62. The summed E-state index contributed by atoms with van der Waals surface area (Å²) in [5, 5.41) is 7.61. The molecule has 2 unspecified atom stereocenters. The van der Waals surface area contributed by atoms with Gasteiger partial charge in [0, 0.05) is 17.1 Å². The highest BCUT2D eigenvalue weighted by atomic mass is 35.5. The Labute approximate surface area is 170 Å². The maximum atomic E-state index is 12.8. The summed E-state index contributed by atoms with van der Waals surface area (Å²) in [7, 11) is 0. The Kier molecular flexibility index (Phi) is 5.08. The monoisotopic (exact) mass is 419 g/mol. The number of amides is 1. The van der Waals surface area contributed by atoms with E-state index < -0.39 is 11.7 Å². The molecular weight excluding hydrogens is 403 g/mol. The molecule has 150 valence electrons. The predicted molar refractivity (Wildman–Crippen MR) is 104 cm³/mol. The third-order valence-electron chi connectivity index (χ3n) is 4.93. The number of nitrogens with one attached hydrogen (secondary N) is 1. The van der Waals surface area contributed by atoms with Crippen LogP contribution >= 0.6 is 11.6 Å². The van der Waals surface area contributed by atoms with Gasteiger partial charge in [0.15, 0.2) is 0 Å². The molecular formula is C21H17ClF3N3O. The molecule has 1 N–H and O–H groups in total. The average Bonchev–Trinajstić information content (AvgIpc) is 3.36. The number of benzene rings is 2. The van der Waals surface area contributed by atoms with Gasteiger partial charge in [0.2, 0.25) is 5.91 Å². The Morgan fingerprint density at radius 1 is 1.21 bits per heavy atom. The third-order valence-corrected chi connectivity index (χ3v) is 5.18. The SMILES string of the molecule is O=C(Nc1cnn(Cc2cccc(C(F)(F)F)c2)c1)C1CC1c1ccc(Cl)cc1. The van der Waals surface area contributed by atoms with Crippen LogP contribution in [-0.4, -0.2) is 15.7 Å². The van der Waals surface area contributed by atoms with Gasteiger partial charge in [0.05, 0.1) is 24.0 Å². The maximum Gasteiger partial charge on any atom is 0.416 e. The Bertz CT molecular complexity index is 1030. The fraction of sp³-hybridized carbons (Fsp3) is 0.238. The summed E-state index contributed by atoms with van der Waals surface area (Å²) >= 11 is 5.89. The first-order valence-electron chi connectivity index (χ1n) is 9.04. The molecule has 0 saturated heterocycles. The van der Waals surface area contributed by atoms with Crippen LogP contribution < -0.4 is 5.32 Å². The lowest BCUT2D eigenvalue weighted by molar-refractivity contribution is -0.137. The van der Waals surface area contributed by atoms with Gasteiger partial charge in [0.1, 0.15) is 0 Å². The van der Waals surface area contributed by atoms with Crippen molar-refractivity contribution in [3.05, 3.63) is 82.6 Å². The highest BCUT2D eigenvalue weighted by Crippen LogP contribution is 2.48. The van der Waals surface area contributed by atoms with Gasteiger partial charge in [-0.1, -0.05) is 35.9 Å². The minimum absolute atomic E-state index is 0.0939. The lowest BCUT2D eigenvalue weighted by atomic mass is 10.1. The van der Waals surface area contributed by atoms with Crippen LogP contribution in [0.2, 0.25) is 5.02 Å². The van der Waals surface area contributed by atoms with E-state index in [0.717, 1.165) is 24.1 Å². The van der Waals surface area contributed by atoms with Crippen molar-refractivity contribution in [3.8, 4) is 0 Å². The number of rotatable bonds is 5. The van der Waals surface area contributed by atoms with Crippen molar-refractivity contribution in [1.29, 1.82) is 0 Å². The highest BCUT2D eigenvalue weighted by molar-refractivity contribution is 6.30. The standard InChI is InChI=1S/C21H17ClF3N3O/c22-16-6-4-14(5-7-16)18-9-19(18)20(29)27-17-10-26-28(12-17)11-13-2-1-3-15(8-13)21(23,24)25/h1-8,10,12,18-19H,9,11H2,(H,27,29). The van der Waals surface area contributed by atoms with Crippen molar-refractivity contribution in [1.82, 2.24) is 9.78 Å². The number of halogens is 4. The van der Waals surface area contributed by atoms with Crippen LogP contribution in [0.5, 0.6) is 0 Å². The van der Waals surface area contributed by atoms with Gasteiger partial charge in [-0.25, -0.2) is 0 Å². The van der Waals surface area contributed by atoms with Crippen molar-refractivity contribution in [3.63, 3.8) is 0 Å². The van der Waals surface area contributed by atoms with E-state index in [-0.39, 0.29) is 24.3 Å². The van der Waals surface area contributed by atoms with Crippen LogP contribution in [0.3, 0.4) is 0 Å². The molecule has 2 atom stereocenters. The molecule has 0 radical (unpaired) electrons. The second-order valence-corrected chi connectivity index (χ2v) is 7.55. The normalized spacial score (nSPS) is 18.5. The van der Waals surface area contributed by atoms with E-state index in [2.05, 4.69) is 10.4 Å². The van der Waals surface area contributed by atoms with E-state index in [1.54, 1.807) is 12.3 Å². The zero-order valence-electron chi connectivity index (χ0n) is 15.2. The van der Waals surface area contributed by atoms with Crippen LogP contribution in [0.15, 0.2) is 60.9 Å². The van der Waals surface area contributed by atoms with Crippen molar-refractivity contribution in [2.24, 2.45) is 5.92 Å². The lowest BCUT2D eigenvalue weighted by Crippen LogP contribution is -2.14. The maximum absolute atomic E-state index is 12.8. The van der Waals surface area contributed by atoms with Gasteiger partial charge in [-0.3, -0.25) is 9.48 Å². The Hall–Kier alpha value is -2.80. The van der Waals surface area contributed by atoms with Gasteiger partial charge in [0.25, 0.3) is 0 Å². The fourth-order valence-corrected chi connectivity index (χ4v) is 3.47. The van der Waals surface area contributed by atoms with E-state index in [9.17, 15) is 18.0 Å². The largest absolute Gasteiger partial charge is 0.416 e. The quantitative estimate of drug-likeness (QED) is 0.606. The fourth-order valence-electron chi connectivity index (χ4n) is 3.35. The average molecular weight is 420 g/mol. The second-order valence-electron chi connectivity index (χ2n) is 7.11. The van der Waals surface area contributed by atoms with Crippen molar-refractivity contribution in [2.45, 2.75) is 25.1 Å². The van der Waals surface area contributed by atoms with Crippen molar-refractivity contribution in [2.75, 3.05) is 5.32 Å². The van der Waals surface area contributed by atoms with Crippen LogP contribution in [0, 0.1) is 5.92 Å². The highest BCUT2D eigenvalue weighted by Gasteiger charge is 2.44. The van der Waals surface area contributed by atoms with E-state index >= 15 is 0 Å². The van der Waals surface area contributed by atoms with Crippen LogP contribution in [-0.2, 0) is 17.5 Å². The molecule has 2 aromatic carbocycles. The molecule has 1 heterocycles. The molecule has 3 aromatic rings. The Morgan fingerprint density at radius 2 is 1.97 bits per heavy atom. The first kappa shape index (κ1) is 19.5. The number of hydrogen-bond acceptors (Lipinski definition) is 2. The van der Waals surface area contributed by atoms with E-state index in [1.165, 1.54) is 16.9 Å². The molecule has 4 nitrogen and oxygen atoms in total. The van der Waals surface area contributed by atoms with Crippen LogP contribution in [0.1, 0.15) is 29.0 Å². The minimum Gasteiger partial charge on any atom is -0.323 e. The number of alkyl halides is 3. The van der Waals surface area contributed by atoms with Gasteiger partial charge < -0.3 is 5.32 Å². The summed E-state index contributed by atoms with van der Waals surface area (Å²) in [5.74, 6) is -0.0287. The first-order valence-corrected chi connectivity index (χ1v) is 9.42. The summed E-state index contributed by atoms with van der Waals surface area (Å²) in [6.07, 6.45) is -0.515. The van der Waals surface area contributed by atoms with Crippen LogP contribution in [0.25, 0.3) is 0 Å². The zero-order chi connectivity index (χ0) is 20.6.